The van der Waals surface area contributed by atoms with Crippen molar-refractivity contribution >= 4 is 5.97 Å². The van der Waals surface area contributed by atoms with Crippen LogP contribution in [0.2, 0.25) is 0 Å². The van der Waals surface area contributed by atoms with Crippen molar-refractivity contribution in [1.82, 2.24) is 0 Å². The molecule has 0 aromatic heterocycles. The Morgan fingerprint density at radius 3 is 2.29 bits per heavy atom. The molecule has 118 valence electrons. The first kappa shape index (κ1) is 17.7. The summed E-state index contributed by atoms with van der Waals surface area (Å²) in [7, 11) is 1.68. The van der Waals surface area contributed by atoms with Gasteiger partial charge in [0.15, 0.2) is 0 Å². The molecule has 0 aliphatic carbocycles. The first-order chi connectivity index (χ1) is 10.0. The lowest BCUT2D eigenvalue weighted by atomic mass is 10.1. The second-order valence-corrected chi connectivity index (χ2v) is 5.56. The molecule has 1 aromatic carbocycles. The lowest BCUT2D eigenvalue weighted by Crippen LogP contribution is -2.20. The number of ether oxygens (including phenoxy) is 3. The number of methoxy groups -OCH3 is 1. The molecular formula is C17H26O4. The molecule has 0 spiro atoms. The summed E-state index contributed by atoms with van der Waals surface area (Å²) in [6, 6.07) is 9.98. The number of esters is 1. The molecule has 0 heterocycles. The molecule has 0 saturated heterocycles. The molecule has 0 aliphatic heterocycles. The van der Waals surface area contributed by atoms with Gasteiger partial charge in [0.1, 0.15) is 6.10 Å². The summed E-state index contributed by atoms with van der Waals surface area (Å²) in [5.41, 5.74) is 1.10. The van der Waals surface area contributed by atoms with Crippen LogP contribution in [0.15, 0.2) is 30.3 Å². The third-order valence-corrected chi connectivity index (χ3v) is 3.11. The van der Waals surface area contributed by atoms with Crippen molar-refractivity contribution in [3.8, 4) is 0 Å². The molecule has 1 rings (SSSR count). The van der Waals surface area contributed by atoms with Gasteiger partial charge in [-0.05, 0) is 5.56 Å². The van der Waals surface area contributed by atoms with E-state index in [4.69, 9.17) is 14.2 Å². The second-order valence-electron chi connectivity index (χ2n) is 5.56. The van der Waals surface area contributed by atoms with E-state index in [-0.39, 0.29) is 23.9 Å². The van der Waals surface area contributed by atoms with Crippen LogP contribution in [0.3, 0.4) is 0 Å². The normalized spacial score (nSPS) is 14.0. The predicted octanol–water partition coefficient (Wildman–Crippen LogP) is 3.23. The lowest BCUT2D eigenvalue weighted by Gasteiger charge is -2.18. The topological polar surface area (TPSA) is 44.8 Å². The molecule has 0 amide bonds. The largest absolute Gasteiger partial charge is 0.465 e. The van der Waals surface area contributed by atoms with E-state index >= 15 is 0 Å². The first-order valence-electron chi connectivity index (χ1n) is 7.36. The van der Waals surface area contributed by atoms with Crippen LogP contribution >= 0.6 is 0 Å². The van der Waals surface area contributed by atoms with Gasteiger partial charge in [0.2, 0.25) is 0 Å². The van der Waals surface area contributed by atoms with Gasteiger partial charge in [-0.3, -0.25) is 4.79 Å². The summed E-state index contributed by atoms with van der Waals surface area (Å²) in [5, 5.41) is 0. The Balaban J connectivity index is 2.27. The van der Waals surface area contributed by atoms with Gasteiger partial charge in [0, 0.05) is 13.0 Å². The summed E-state index contributed by atoms with van der Waals surface area (Å²) in [6.45, 7) is 7.07. The van der Waals surface area contributed by atoms with E-state index in [9.17, 15) is 4.79 Å². The van der Waals surface area contributed by atoms with E-state index in [0.29, 0.717) is 19.8 Å². The Morgan fingerprint density at radius 1 is 1.05 bits per heavy atom. The molecule has 0 N–H and O–H groups in total. The average molecular weight is 294 g/mol. The van der Waals surface area contributed by atoms with Crippen molar-refractivity contribution in [3.05, 3.63) is 35.9 Å². The Bertz CT molecular complexity index is 403. The summed E-state index contributed by atoms with van der Waals surface area (Å²) in [5.74, 6) is -0.0871. The Morgan fingerprint density at radius 2 is 1.71 bits per heavy atom. The first-order valence-corrected chi connectivity index (χ1v) is 7.36. The zero-order chi connectivity index (χ0) is 15.7. The highest BCUT2D eigenvalue weighted by Gasteiger charge is 2.13. The number of carbonyl (C=O) groups excluding carboxylic acids is 1. The molecular weight excluding hydrogens is 268 g/mol. The third kappa shape index (κ3) is 6.74. The summed E-state index contributed by atoms with van der Waals surface area (Å²) < 4.78 is 16.3. The number of benzene rings is 1. The van der Waals surface area contributed by atoms with Gasteiger partial charge in [-0.1, -0.05) is 51.1 Å². The van der Waals surface area contributed by atoms with E-state index in [2.05, 4.69) is 0 Å². The maximum absolute atomic E-state index is 11.4. The highest BCUT2D eigenvalue weighted by Crippen LogP contribution is 2.16. The van der Waals surface area contributed by atoms with E-state index < -0.39 is 0 Å². The minimum Gasteiger partial charge on any atom is -0.465 e. The monoisotopic (exact) mass is 294 g/mol. The fourth-order valence-electron chi connectivity index (χ4n) is 1.78. The Kier molecular flexibility index (Phi) is 8.01. The number of rotatable bonds is 9. The number of hydrogen-bond donors (Lipinski definition) is 0. The molecule has 0 radical (unpaired) electrons. The van der Waals surface area contributed by atoms with Crippen molar-refractivity contribution in [1.29, 1.82) is 0 Å². The van der Waals surface area contributed by atoms with Gasteiger partial charge >= 0.3 is 5.97 Å². The van der Waals surface area contributed by atoms with Crippen molar-refractivity contribution in [2.24, 2.45) is 11.8 Å². The fraction of sp³-hybridized carbons (Fsp3) is 0.588. The minimum atomic E-state index is -0.166. The van der Waals surface area contributed by atoms with Crippen molar-refractivity contribution in [2.45, 2.75) is 26.9 Å². The van der Waals surface area contributed by atoms with Crippen molar-refractivity contribution in [2.75, 3.05) is 26.9 Å². The molecule has 0 bridgehead atoms. The van der Waals surface area contributed by atoms with Gasteiger partial charge in [-0.15, -0.1) is 0 Å². The van der Waals surface area contributed by atoms with Crippen LogP contribution in [0.25, 0.3) is 0 Å². The van der Waals surface area contributed by atoms with Gasteiger partial charge in [0.05, 0.1) is 25.7 Å². The molecule has 21 heavy (non-hydrogen) atoms. The molecule has 0 fully saturated rings. The maximum atomic E-state index is 11.4. The van der Waals surface area contributed by atoms with Gasteiger partial charge in [-0.2, -0.15) is 0 Å². The van der Waals surface area contributed by atoms with E-state index in [1.165, 1.54) is 0 Å². The quantitative estimate of drug-likeness (QED) is 0.656. The van der Waals surface area contributed by atoms with E-state index in [0.717, 1.165) is 5.56 Å². The van der Waals surface area contributed by atoms with Crippen LogP contribution in [0.5, 0.6) is 0 Å². The van der Waals surface area contributed by atoms with Crippen LogP contribution in [0.1, 0.15) is 32.4 Å². The molecule has 1 aromatic rings. The standard InChI is InChI=1S/C17H26O4/c1-13(2)17(18)21-11-14(3)10-20-12-16(19-4)15-8-6-5-7-9-15/h5-9,13-14,16H,10-12H2,1-4H3. The average Bonchev–Trinajstić information content (AvgIpc) is 2.49. The number of carbonyl (C=O) groups is 1. The lowest BCUT2D eigenvalue weighted by molar-refractivity contribution is -0.149. The Hall–Kier alpha value is -1.39. The molecule has 2 atom stereocenters. The summed E-state index contributed by atoms with van der Waals surface area (Å²) in [6.07, 6.45) is -0.0726. The van der Waals surface area contributed by atoms with Crippen LogP contribution in [-0.4, -0.2) is 32.9 Å². The van der Waals surface area contributed by atoms with Gasteiger partial charge < -0.3 is 14.2 Å². The van der Waals surface area contributed by atoms with Crippen LogP contribution < -0.4 is 0 Å². The molecule has 0 saturated carbocycles. The minimum absolute atomic E-state index is 0.0726. The third-order valence-electron chi connectivity index (χ3n) is 3.11. The van der Waals surface area contributed by atoms with Crippen LogP contribution in [0, 0.1) is 11.8 Å². The zero-order valence-electron chi connectivity index (χ0n) is 13.4. The van der Waals surface area contributed by atoms with E-state index in [1.54, 1.807) is 7.11 Å². The second kappa shape index (κ2) is 9.53. The fourth-order valence-corrected chi connectivity index (χ4v) is 1.78. The van der Waals surface area contributed by atoms with Crippen LogP contribution in [-0.2, 0) is 19.0 Å². The van der Waals surface area contributed by atoms with Crippen LogP contribution in [0.4, 0.5) is 0 Å². The molecule has 4 nitrogen and oxygen atoms in total. The maximum Gasteiger partial charge on any atom is 0.308 e. The summed E-state index contributed by atoms with van der Waals surface area (Å²) in [4.78, 5) is 11.4. The van der Waals surface area contributed by atoms with Gasteiger partial charge in [-0.25, -0.2) is 0 Å². The number of hydrogen-bond acceptors (Lipinski definition) is 4. The SMILES string of the molecule is COC(COCC(C)COC(=O)C(C)C)c1ccccc1. The van der Waals surface area contributed by atoms with Gasteiger partial charge in [0.25, 0.3) is 0 Å². The highest BCUT2D eigenvalue weighted by atomic mass is 16.5. The smallest absolute Gasteiger partial charge is 0.308 e. The molecule has 2 unspecified atom stereocenters. The van der Waals surface area contributed by atoms with Crippen molar-refractivity contribution < 1.29 is 19.0 Å². The zero-order valence-corrected chi connectivity index (χ0v) is 13.4. The summed E-state index contributed by atoms with van der Waals surface area (Å²) >= 11 is 0. The van der Waals surface area contributed by atoms with E-state index in [1.807, 2.05) is 51.1 Å². The molecule has 4 heteroatoms. The highest BCUT2D eigenvalue weighted by molar-refractivity contribution is 5.71. The Labute approximate surface area is 127 Å². The van der Waals surface area contributed by atoms with Crippen molar-refractivity contribution in [3.63, 3.8) is 0 Å². The molecule has 0 aliphatic rings. The predicted molar refractivity (Wildman–Crippen MR) is 82.0 cm³/mol.